The molecule has 3 N–H and O–H groups in total. The fraction of sp³-hybridized carbons (Fsp3) is 0.360. The SMILES string of the molecule is CCCCCC(=O)O.CCc1ccc(C(=O)NC(=O)ON2C(=O)CC(S(=O)(=O)O)C2=O)c(SSc2ccccn2)c1. The number of rotatable bonds is 11. The van der Waals surface area contributed by atoms with E-state index < -0.39 is 51.6 Å². The molecule has 0 radical (unpaired) electrons. The first-order valence-corrected chi connectivity index (χ1v) is 16.0. The van der Waals surface area contributed by atoms with Crippen molar-refractivity contribution in [3.8, 4) is 0 Å². The van der Waals surface area contributed by atoms with E-state index in [2.05, 4.69) is 16.7 Å². The highest BCUT2D eigenvalue weighted by Gasteiger charge is 2.48. The molecule has 0 aliphatic carbocycles. The number of aryl methyl sites for hydroxylation is 1. The van der Waals surface area contributed by atoms with E-state index in [4.69, 9.17) is 9.66 Å². The van der Waals surface area contributed by atoms with Gasteiger partial charge in [-0.3, -0.25) is 29.0 Å². The molecule has 16 heteroatoms. The summed E-state index contributed by atoms with van der Waals surface area (Å²) in [6, 6.07) is 10.4. The molecule has 4 amide bonds. The first-order chi connectivity index (χ1) is 19.4. The van der Waals surface area contributed by atoms with E-state index in [-0.39, 0.29) is 10.6 Å². The monoisotopic (exact) mass is 627 g/mol. The highest BCUT2D eigenvalue weighted by atomic mass is 33.1. The minimum Gasteiger partial charge on any atom is -0.481 e. The predicted molar refractivity (Wildman–Crippen MR) is 149 cm³/mol. The number of pyridine rings is 1. The van der Waals surface area contributed by atoms with Crippen LogP contribution < -0.4 is 5.32 Å². The van der Waals surface area contributed by atoms with Gasteiger partial charge in [0.2, 0.25) is 0 Å². The van der Waals surface area contributed by atoms with Crippen molar-refractivity contribution in [1.29, 1.82) is 0 Å². The molecule has 0 bridgehead atoms. The maximum Gasteiger partial charge on any atom is 0.439 e. The largest absolute Gasteiger partial charge is 0.481 e. The van der Waals surface area contributed by atoms with Gasteiger partial charge in [0.15, 0.2) is 5.25 Å². The quantitative estimate of drug-likeness (QED) is 0.140. The van der Waals surface area contributed by atoms with Gasteiger partial charge in [-0.25, -0.2) is 9.78 Å². The summed E-state index contributed by atoms with van der Waals surface area (Å²) in [4.78, 5) is 67.7. The van der Waals surface area contributed by atoms with E-state index in [1.807, 2.05) is 18.3 Å². The van der Waals surface area contributed by atoms with Crippen molar-refractivity contribution >= 4 is 61.5 Å². The van der Waals surface area contributed by atoms with Crippen molar-refractivity contribution < 1.29 is 46.9 Å². The number of carboxylic acids is 1. The number of hydrogen-bond acceptors (Lipinski definition) is 11. The third-order valence-electron chi connectivity index (χ3n) is 5.36. The second kappa shape index (κ2) is 16.1. The number of hydrogen-bond donors (Lipinski definition) is 3. The van der Waals surface area contributed by atoms with Crippen molar-refractivity contribution in [3.63, 3.8) is 0 Å². The van der Waals surface area contributed by atoms with E-state index in [1.54, 1.807) is 30.5 Å². The van der Waals surface area contributed by atoms with Gasteiger partial charge in [0.1, 0.15) is 5.03 Å². The summed E-state index contributed by atoms with van der Waals surface area (Å²) in [5, 5.41) is 8.58. The van der Waals surface area contributed by atoms with Gasteiger partial charge in [0.05, 0.1) is 12.0 Å². The average Bonchev–Trinajstić information content (AvgIpc) is 3.21. The molecule has 1 fully saturated rings. The van der Waals surface area contributed by atoms with Gasteiger partial charge in [-0.2, -0.15) is 8.42 Å². The maximum atomic E-state index is 12.7. The van der Waals surface area contributed by atoms with Crippen LogP contribution in [0.4, 0.5) is 4.79 Å². The van der Waals surface area contributed by atoms with Gasteiger partial charge in [0.25, 0.3) is 27.8 Å². The molecule has 13 nitrogen and oxygen atoms in total. The molecule has 3 rings (SSSR count). The molecule has 1 unspecified atom stereocenters. The Labute approximate surface area is 244 Å². The van der Waals surface area contributed by atoms with Crippen LogP contribution in [0.3, 0.4) is 0 Å². The van der Waals surface area contributed by atoms with Crippen LogP contribution in [-0.4, -0.2) is 63.2 Å². The van der Waals surface area contributed by atoms with Gasteiger partial charge in [-0.1, -0.05) is 54.7 Å². The van der Waals surface area contributed by atoms with Gasteiger partial charge in [-0.15, -0.1) is 0 Å². The van der Waals surface area contributed by atoms with Crippen molar-refractivity contribution in [1.82, 2.24) is 15.4 Å². The lowest BCUT2D eigenvalue weighted by molar-refractivity contribution is -0.171. The number of aliphatic carboxylic acids is 1. The summed E-state index contributed by atoms with van der Waals surface area (Å²) in [5.41, 5.74) is 1.08. The first-order valence-electron chi connectivity index (χ1n) is 12.3. The highest BCUT2D eigenvalue weighted by molar-refractivity contribution is 8.76. The zero-order chi connectivity index (χ0) is 30.6. The van der Waals surface area contributed by atoms with Crippen molar-refractivity contribution in [3.05, 3.63) is 53.7 Å². The molecule has 0 spiro atoms. The summed E-state index contributed by atoms with van der Waals surface area (Å²) in [6.07, 6.45) is 3.26. The normalized spacial score (nSPS) is 14.7. The number of unbranched alkanes of at least 4 members (excludes halogenated alkanes) is 2. The van der Waals surface area contributed by atoms with Gasteiger partial charge < -0.3 is 9.94 Å². The molecule has 1 atom stereocenters. The molecule has 1 aromatic carbocycles. The molecular formula is C25H29N3O10S3. The van der Waals surface area contributed by atoms with Crippen LogP contribution in [0, 0.1) is 0 Å². The number of carbonyl (C=O) groups is 5. The average molecular weight is 628 g/mol. The molecule has 1 aliphatic rings. The van der Waals surface area contributed by atoms with E-state index in [0.717, 1.165) is 24.8 Å². The summed E-state index contributed by atoms with van der Waals surface area (Å²) in [7, 11) is -2.31. The van der Waals surface area contributed by atoms with Crippen molar-refractivity contribution in [2.75, 3.05) is 0 Å². The van der Waals surface area contributed by atoms with Gasteiger partial charge >= 0.3 is 12.1 Å². The molecule has 2 heterocycles. The standard InChI is InChI=1S/C19H17N3O8S3.C6H12O2/c1-2-11-6-7-12(13(9-11)31-32-15-5-3-4-8-20-15)17(24)21-19(26)30-22-16(23)10-14(18(22)25)33(27,28)29;1-2-3-4-5-6(7)8/h3-9,14H,2,10H2,1H3,(H,21,24,26)(H,27,28,29);2-5H2,1H3,(H,7,8). The molecular weight excluding hydrogens is 598 g/mol. The molecule has 1 saturated heterocycles. The van der Waals surface area contributed by atoms with Crippen LogP contribution in [0.5, 0.6) is 0 Å². The van der Waals surface area contributed by atoms with Crippen LogP contribution >= 0.6 is 21.6 Å². The fourth-order valence-corrected chi connectivity index (χ4v) is 6.03. The second-order valence-electron chi connectivity index (χ2n) is 8.44. The van der Waals surface area contributed by atoms with Crippen LogP contribution in [0.1, 0.15) is 61.9 Å². The number of nitrogens with zero attached hydrogens (tertiary/aromatic N) is 2. The van der Waals surface area contributed by atoms with Gasteiger partial charge in [-0.05, 0) is 53.5 Å². The van der Waals surface area contributed by atoms with Crippen LogP contribution in [0.15, 0.2) is 52.5 Å². The van der Waals surface area contributed by atoms with E-state index in [0.29, 0.717) is 22.8 Å². The Balaban J connectivity index is 0.000000642. The summed E-state index contributed by atoms with van der Waals surface area (Å²) < 4.78 is 31.4. The number of carboxylic acid groups (broad SMARTS) is 1. The fourth-order valence-electron chi connectivity index (χ4n) is 3.23. The lowest BCUT2D eigenvalue weighted by atomic mass is 10.1. The Bertz CT molecular complexity index is 1370. The molecule has 2 aromatic rings. The number of benzene rings is 1. The van der Waals surface area contributed by atoms with E-state index >= 15 is 0 Å². The first kappa shape index (κ1) is 33.7. The minimum atomic E-state index is -4.86. The van der Waals surface area contributed by atoms with Gasteiger partial charge in [0, 0.05) is 17.5 Å². The second-order valence-corrected chi connectivity index (χ2v) is 12.2. The van der Waals surface area contributed by atoms with Crippen molar-refractivity contribution in [2.24, 2.45) is 0 Å². The lowest BCUT2D eigenvalue weighted by Crippen LogP contribution is -2.41. The Morgan fingerprint density at radius 2 is 1.85 bits per heavy atom. The summed E-state index contributed by atoms with van der Waals surface area (Å²) >= 11 is 0. The highest BCUT2D eigenvalue weighted by Crippen LogP contribution is 2.38. The summed E-state index contributed by atoms with van der Waals surface area (Å²) in [6.45, 7) is 4.00. The summed E-state index contributed by atoms with van der Waals surface area (Å²) in [5.74, 6) is -4.13. The number of amides is 4. The number of hydroxylamine groups is 2. The smallest absolute Gasteiger partial charge is 0.439 e. The van der Waals surface area contributed by atoms with Crippen LogP contribution in [0.25, 0.3) is 0 Å². The Morgan fingerprint density at radius 1 is 1.12 bits per heavy atom. The third kappa shape index (κ3) is 10.8. The zero-order valence-corrected chi connectivity index (χ0v) is 24.6. The van der Waals surface area contributed by atoms with Crippen LogP contribution in [-0.2, 0) is 35.8 Å². The molecule has 1 aromatic heterocycles. The lowest BCUT2D eigenvalue weighted by Gasteiger charge is -2.14. The molecule has 41 heavy (non-hydrogen) atoms. The van der Waals surface area contributed by atoms with Crippen molar-refractivity contribution in [2.45, 2.75) is 67.5 Å². The number of carbonyl (C=O) groups excluding carboxylic acids is 4. The Kier molecular flexibility index (Phi) is 13.2. The minimum absolute atomic E-state index is 0.0895. The third-order valence-corrected chi connectivity index (χ3v) is 8.76. The Hall–Kier alpha value is -3.47. The van der Waals surface area contributed by atoms with Crippen LogP contribution in [0.2, 0.25) is 0 Å². The number of aromatic nitrogens is 1. The number of imide groups is 2. The van der Waals surface area contributed by atoms with E-state index in [9.17, 15) is 32.4 Å². The zero-order valence-electron chi connectivity index (χ0n) is 22.1. The topological polar surface area (TPSA) is 197 Å². The van der Waals surface area contributed by atoms with E-state index in [1.165, 1.54) is 27.7 Å². The maximum absolute atomic E-state index is 12.7. The Morgan fingerprint density at radius 3 is 2.41 bits per heavy atom. The molecule has 0 saturated carbocycles. The molecule has 1 aliphatic heterocycles. The molecule has 222 valence electrons. The predicted octanol–water partition coefficient (Wildman–Crippen LogP) is 3.89. The number of nitrogens with one attached hydrogen (secondary N) is 1.